The third-order valence-corrected chi connectivity index (χ3v) is 13.8. The zero-order valence-corrected chi connectivity index (χ0v) is 43.5. The predicted molar refractivity (Wildman–Crippen MR) is 239 cm³/mol. The summed E-state index contributed by atoms with van der Waals surface area (Å²) in [5.41, 5.74) is 3.02. The number of hydrogen-bond acceptors (Lipinski definition) is 15. The van der Waals surface area contributed by atoms with Gasteiger partial charge in [0, 0.05) is 86.0 Å². The van der Waals surface area contributed by atoms with Gasteiger partial charge in [-0.2, -0.15) is 4.58 Å². The Kier molecular flexibility index (Phi) is 18.1. The van der Waals surface area contributed by atoms with Crippen LogP contribution in [0.1, 0.15) is 116 Å². The second kappa shape index (κ2) is 22.5. The third kappa shape index (κ3) is 12.7. The molecule has 4 aliphatic heterocycles. The van der Waals surface area contributed by atoms with Crippen LogP contribution in [0.5, 0.6) is 0 Å². The molecule has 0 N–H and O–H groups in total. The summed E-state index contributed by atoms with van der Waals surface area (Å²) < 4.78 is 74.0. The van der Waals surface area contributed by atoms with Gasteiger partial charge in [0.25, 0.3) is 23.6 Å². The van der Waals surface area contributed by atoms with Gasteiger partial charge in [0.2, 0.25) is 5.69 Å². The van der Waals surface area contributed by atoms with Gasteiger partial charge in [-0.25, -0.2) is 26.4 Å². The number of carbonyl (C=O) groups is 6. The van der Waals surface area contributed by atoms with Crippen LogP contribution in [0.4, 0.5) is 11.4 Å². The van der Waals surface area contributed by atoms with E-state index in [-0.39, 0.29) is 99.7 Å². The van der Waals surface area contributed by atoms with E-state index in [2.05, 4.69) is 0 Å². The molecule has 358 valence electrons. The maximum Gasteiger partial charge on any atom is 1.00 e. The Labute approximate surface area is 438 Å². The quantitative estimate of drug-likeness (QED) is 0.0462. The molecule has 0 atom stereocenters. The maximum atomic E-state index is 12.3. The van der Waals surface area contributed by atoms with Crippen molar-refractivity contribution in [3.05, 3.63) is 95.8 Å². The van der Waals surface area contributed by atoms with Crippen molar-refractivity contribution in [1.82, 2.24) is 10.1 Å². The molecule has 0 unspecified atom stereocenters. The van der Waals surface area contributed by atoms with Crippen molar-refractivity contribution in [1.29, 1.82) is 0 Å². The molecule has 0 saturated carbocycles. The van der Waals surface area contributed by atoms with Crippen LogP contribution in [0.2, 0.25) is 0 Å². The SMILES string of the molecule is CC1(C)C(/C=C/C=C/C=C/C=C2/N(CCCCCC(=O)ON3C(=O)CCC3=O)c3ccc(S(=O)(=O)[O-])cc3C2(C)C)=[N+](CCCCCC(=O)ON2C(=O)CCC2=O)c2ccc(S(=O)(=O)[O-])cc21.[K+]. The Morgan fingerprint density at radius 1 is 0.647 bits per heavy atom. The number of fused-ring (bicyclic) bond motifs is 2. The molecule has 0 aromatic heterocycles. The molecular formula is C47H53KN4O14S2. The number of amides is 4. The minimum Gasteiger partial charge on any atom is -0.744 e. The summed E-state index contributed by atoms with van der Waals surface area (Å²) in [4.78, 5) is 83.2. The van der Waals surface area contributed by atoms with Gasteiger partial charge in [-0.1, -0.05) is 50.6 Å². The van der Waals surface area contributed by atoms with E-state index >= 15 is 0 Å². The molecule has 0 radical (unpaired) electrons. The molecule has 4 aliphatic rings. The average Bonchev–Trinajstić information content (AvgIpc) is 3.89. The van der Waals surface area contributed by atoms with Crippen LogP contribution in [-0.4, -0.2) is 95.0 Å². The number of hydrogen-bond donors (Lipinski definition) is 0. The van der Waals surface area contributed by atoms with Crippen molar-refractivity contribution >= 4 is 72.9 Å². The Morgan fingerprint density at radius 2 is 1.13 bits per heavy atom. The fraction of sp³-hybridized carbons (Fsp3) is 0.426. The van der Waals surface area contributed by atoms with Crippen molar-refractivity contribution in [2.75, 3.05) is 18.0 Å². The number of rotatable bonds is 20. The van der Waals surface area contributed by atoms with Gasteiger partial charge in [-0.05, 0) is 81.5 Å². The zero-order valence-electron chi connectivity index (χ0n) is 38.7. The van der Waals surface area contributed by atoms with Crippen molar-refractivity contribution in [2.24, 2.45) is 0 Å². The third-order valence-electron chi connectivity index (χ3n) is 12.2. The summed E-state index contributed by atoms with van der Waals surface area (Å²) in [6.07, 6.45) is 16.2. The van der Waals surface area contributed by atoms with Crippen LogP contribution < -0.4 is 56.3 Å². The molecule has 0 spiro atoms. The number of anilines is 1. The molecule has 0 aliphatic carbocycles. The number of allylic oxidation sites excluding steroid dienone is 8. The monoisotopic (exact) mass is 1000 g/mol. The molecule has 2 saturated heterocycles. The van der Waals surface area contributed by atoms with Crippen LogP contribution in [0.25, 0.3) is 0 Å². The fourth-order valence-electron chi connectivity index (χ4n) is 8.63. The van der Waals surface area contributed by atoms with Gasteiger partial charge in [-0.3, -0.25) is 19.2 Å². The molecular weight excluding hydrogens is 948 g/mol. The molecule has 2 aromatic rings. The van der Waals surface area contributed by atoms with E-state index in [1.54, 1.807) is 12.1 Å². The van der Waals surface area contributed by atoms with Gasteiger partial charge in [0.1, 0.15) is 26.8 Å². The summed E-state index contributed by atoms with van der Waals surface area (Å²) in [5.74, 6) is -3.56. The molecule has 4 heterocycles. The van der Waals surface area contributed by atoms with E-state index in [1.165, 1.54) is 24.3 Å². The molecule has 68 heavy (non-hydrogen) atoms. The molecule has 18 nitrogen and oxygen atoms in total. The van der Waals surface area contributed by atoms with Crippen LogP contribution in [0.15, 0.2) is 94.4 Å². The fourth-order valence-corrected chi connectivity index (χ4v) is 9.62. The van der Waals surface area contributed by atoms with Gasteiger partial charge in [0.15, 0.2) is 5.71 Å². The first kappa shape index (κ1) is 54.5. The first-order valence-corrected chi connectivity index (χ1v) is 24.8. The molecule has 2 aromatic carbocycles. The van der Waals surface area contributed by atoms with Gasteiger partial charge in [0.05, 0.1) is 15.2 Å². The van der Waals surface area contributed by atoms with Gasteiger partial charge in [-0.15, -0.1) is 10.1 Å². The Balaban J connectivity index is 0.00000864. The van der Waals surface area contributed by atoms with E-state index in [9.17, 15) is 54.7 Å². The molecule has 21 heteroatoms. The van der Waals surface area contributed by atoms with Crippen LogP contribution in [0.3, 0.4) is 0 Å². The van der Waals surface area contributed by atoms with Gasteiger partial charge >= 0.3 is 63.3 Å². The number of benzene rings is 2. The van der Waals surface area contributed by atoms with E-state index in [0.29, 0.717) is 72.9 Å². The molecule has 0 bridgehead atoms. The topological polar surface area (TPSA) is 248 Å². The second-order valence-electron chi connectivity index (χ2n) is 17.6. The normalized spacial score (nSPS) is 18.5. The number of hydroxylamine groups is 4. The standard InChI is InChI=1S/C47H54N4O14S2.K/c1-46(2)34-30-32(66(58,59)60)20-22-36(34)48(28-14-8-12-18-44(56)64-50-40(52)24-25-41(50)53)38(46)16-10-6-5-7-11-17-39-47(3,4)35-31-33(67(61,62)63)21-23-37(35)49(39)29-15-9-13-19-45(57)65-51-42(54)26-27-43(51)55;/h5-7,10-11,16-17,20-23,30-31H,8-9,12-15,18-19,24-29H2,1-4H3,(H-,58,59,60,61,62,63);/q;+1/p-1. The van der Waals surface area contributed by atoms with Crippen molar-refractivity contribution in [3.63, 3.8) is 0 Å². The second-order valence-corrected chi connectivity index (χ2v) is 20.4. The first-order valence-electron chi connectivity index (χ1n) is 22.0. The smallest absolute Gasteiger partial charge is 0.744 e. The summed E-state index contributed by atoms with van der Waals surface area (Å²) in [6, 6.07) is 8.61. The summed E-state index contributed by atoms with van der Waals surface area (Å²) >= 11 is 0. The van der Waals surface area contributed by atoms with E-state index in [4.69, 9.17) is 9.68 Å². The number of imide groups is 2. The Bertz CT molecular complexity index is 2730. The number of carbonyl (C=O) groups excluding carboxylic acids is 6. The van der Waals surface area contributed by atoms with Crippen LogP contribution in [-0.2, 0) is 69.5 Å². The van der Waals surface area contributed by atoms with Crippen LogP contribution >= 0.6 is 0 Å². The summed E-state index contributed by atoms with van der Waals surface area (Å²) in [6.45, 7) is 8.69. The maximum absolute atomic E-state index is 12.3. The van der Waals surface area contributed by atoms with Gasteiger partial charge < -0.3 is 23.7 Å². The summed E-state index contributed by atoms with van der Waals surface area (Å²) in [7, 11) is -9.45. The molecule has 4 amide bonds. The largest absolute Gasteiger partial charge is 1.00 e. The van der Waals surface area contributed by atoms with E-state index in [1.807, 2.05) is 79.7 Å². The Morgan fingerprint density at radius 3 is 1.68 bits per heavy atom. The number of unbranched alkanes of at least 4 members (excludes halogenated alkanes) is 4. The van der Waals surface area contributed by atoms with E-state index in [0.717, 1.165) is 22.8 Å². The molecule has 2 fully saturated rings. The van der Waals surface area contributed by atoms with Crippen molar-refractivity contribution < 1.29 is 120 Å². The molecule has 6 rings (SSSR count). The van der Waals surface area contributed by atoms with Crippen molar-refractivity contribution in [2.45, 2.75) is 125 Å². The van der Waals surface area contributed by atoms with Crippen LogP contribution in [0, 0.1) is 0 Å². The average molecular weight is 1000 g/mol. The Hall–Kier alpha value is -4.45. The summed E-state index contributed by atoms with van der Waals surface area (Å²) in [5, 5.41) is 1.05. The minimum absolute atomic E-state index is 0. The minimum atomic E-state index is -4.73. The first-order chi connectivity index (χ1) is 31.5. The number of nitrogens with zero attached hydrogens (tertiary/aromatic N) is 4. The van der Waals surface area contributed by atoms with Crippen molar-refractivity contribution in [3.8, 4) is 0 Å². The zero-order chi connectivity index (χ0) is 48.9. The predicted octanol–water partition coefficient (Wildman–Crippen LogP) is 2.56. The van der Waals surface area contributed by atoms with E-state index < -0.39 is 66.6 Å².